The Morgan fingerprint density at radius 2 is 2.04 bits per heavy atom. The second-order valence-corrected chi connectivity index (χ2v) is 5.83. The van der Waals surface area contributed by atoms with E-state index in [9.17, 15) is 9.50 Å². The maximum atomic E-state index is 12.5. The predicted molar refractivity (Wildman–Crippen MR) is 84.8 cm³/mol. The summed E-state index contributed by atoms with van der Waals surface area (Å²) in [5.74, 6) is 0.590. The standard InChI is InChI=1S/C16H19FN6O/c1-16(24,9-13-5-3-2-4-6-13)14-10-22(21-20-14)11-15-18-12-19-23(15)8-7-17/h2-6,10,12,24H,7-9,11H2,1H3. The highest BCUT2D eigenvalue weighted by Crippen LogP contribution is 2.23. The number of benzene rings is 1. The van der Waals surface area contributed by atoms with E-state index in [4.69, 9.17) is 0 Å². The van der Waals surface area contributed by atoms with Crippen molar-refractivity contribution in [2.75, 3.05) is 6.67 Å². The van der Waals surface area contributed by atoms with Gasteiger partial charge in [0, 0.05) is 6.42 Å². The number of aryl methyl sites for hydroxylation is 1. The lowest BCUT2D eigenvalue weighted by Crippen LogP contribution is -2.24. The van der Waals surface area contributed by atoms with E-state index in [1.165, 1.54) is 11.0 Å². The molecule has 1 aromatic carbocycles. The average molecular weight is 330 g/mol. The van der Waals surface area contributed by atoms with Gasteiger partial charge >= 0.3 is 0 Å². The molecule has 0 amide bonds. The number of hydrogen-bond donors (Lipinski definition) is 1. The van der Waals surface area contributed by atoms with E-state index in [2.05, 4.69) is 20.4 Å². The molecule has 24 heavy (non-hydrogen) atoms. The van der Waals surface area contributed by atoms with Crippen LogP contribution in [0.2, 0.25) is 0 Å². The summed E-state index contributed by atoms with van der Waals surface area (Å²) in [6.45, 7) is 1.67. The van der Waals surface area contributed by atoms with Gasteiger partial charge in [0.15, 0.2) is 0 Å². The molecule has 0 radical (unpaired) electrons. The molecule has 0 saturated carbocycles. The van der Waals surface area contributed by atoms with E-state index in [0.717, 1.165) is 5.56 Å². The molecule has 0 aliphatic heterocycles. The molecular formula is C16H19FN6O. The molecule has 7 nitrogen and oxygen atoms in total. The van der Waals surface area contributed by atoms with Crippen LogP contribution in [0.15, 0.2) is 42.9 Å². The molecule has 3 aromatic rings. The van der Waals surface area contributed by atoms with Crippen molar-refractivity contribution in [3.63, 3.8) is 0 Å². The van der Waals surface area contributed by atoms with Crippen LogP contribution < -0.4 is 0 Å². The van der Waals surface area contributed by atoms with E-state index < -0.39 is 12.3 Å². The van der Waals surface area contributed by atoms with E-state index in [0.29, 0.717) is 24.5 Å². The van der Waals surface area contributed by atoms with Gasteiger partial charge in [-0.05, 0) is 12.5 Å². The molecule has 0 aliphatic rings. The maximum absolute atomic E-state index is 12.5. The highest BCUT2D eigenvalue weighted by atomic mass is 19.1. The van der Waals surface area contributed by atoms with Crippen molar-refractivity contribution in [2.45, 2.75) is 32.0 Å². The number of alkyl halides is 1. The lowest BCUT2D eigenvalue weighted by molar-refractivity contribution is 0.0529. The van der Waals surface area contributed by atoms with Gasteiger partial charge in [0.1, 0.15) is 36.7 Å². The molecule has 3 rings (SSSR count). The van der Waals surface area contributed by atoms with Crippen LogP contribution in [0.25, 0.3) is 0 Å². The summed E-state index contributed by atoms with van der Waals surface area (Å²) >= 11 is 0. The van der Waals surface area contributed by atoms with Gasteiger partial charge in [-0.15, -0.1) is 5.10 Å². The number of aromatic nitrogens is 6. The Bertz CT molecular complexity index is 783. The van der Waals surface area contributed by atoms with Crippen molar-refractivity contribution in [3.05, 3.63) is 59.9 Å². The first-order valence-electron chi connectivity index (χ1n) is 7.68. The minimum atomic E-state index is -1.13. The molecule has 0 aliphatic carbocycles. The fourth-order valence-corrected chi connectivity index (χ4v) is 2.53. The molecule has 126 valence electrons. The van der Waals surface area contributed by atoms with E-state index in [1.54, 1.807) is 17.8 Å². The normalized spacial score (nSPS) is 13.8. The molecule has 8 heteroatoms. The number of nitrogens with zero attached hydrogens (tertiary/aromatic N) is 6. The average Bonchev–Trinajstić information content (AvgIpc) is 3.19. The van der Waals surface area contributed by atoms with Crippen molar-refractivity contribution >= 4 is 0 Å². The number of halogens is 1. The van der Waals surface area contributed by atoms with Gasteiger partial charge in [-0.2, -0.15) is 5.10 Å². The Kier molecular flexibility index (Phi) is 4.66. The highest BCUT2D eigenvalue weighted by molar-refractivity contribution is 5.20. The molecule has 1 N–H and O–H groups in total. The summed E-state index contributed by atoms with van der Waals surface area (Å²) in [5, 5.41) is 22.8. The molecule has 0 bridgehead atoms. The minimum Gasteiger partial charge on any atom is -0.383 e. The minimum absolute atomic E-state index is 0.155. The quantitative estimate of drug-likeness (QED) is 0.707. The highest BCUT2D eigenvalue weighted by Gasteiger charge is 2.27. The smallest absolute Gasteiger partial charge is 0.148 e. The largest absolute Gasteiger partial charge is 0.383 e. The third kappa shape index (κ3) is 3.65. The van der Waals surface area contributed by atoms with Crippen molar-refractivity contribution in [1.29, 1.82) is 0 Å². The topological polar surface area (TPSA) is 81.6 Å². The van der Waals surface area contributed by atoms with Gasteiger partial charge in [-0.25, -0.2) is 18.7 Å². The molecule has 1 atom stereocenters. The first-order chi connectivity index (χ1) is 11.6. The van der Waals surface area contributed by atoms with Crippen molar-refractivity contribution in [2.24, 2.45) is 0 Å². The van der Waals surface area contributed by atoms with Gasteiger partial charge in [-0.1, -0.05) is 35.5 Å². The van der Waals surface area contributed by atoms with Gasteiger partial charge in [0.05, 0.1) is 12.7 Å². The van der Waals surface area contributed by atoms with Crippen molar-refractivity contribution in [1.82, 2.24) is 29.8 Å². The van der Waals surface area contributed by atoms with Crippen LogP contribution >= 0.6 is 0 Å². The summed E-state index contributed by atoms with van der Waals surface area (Å²) in [5.41, 5.74) is 0.356. The van der Waals surface area contributed by atoms with E-state index in [1.807, 2.05) is 30.3 Å². The molecule has 0 saturated heterocycles. The zero-order chi connectivity index (χ0) is 17.0. The van der Waals surface area contributed by atoms with E-state index >= 15 is 0 Å². The number of hydrogen-bond acceptors (Lipinski definition) is 5. The monoisotopic (exact) mass is 330 g/mol. The number of rotatable bonds is 7. The summed E-state index contributed by atoms with van der Waals surface area (Å²) < 4.78 is 15.5. The Morgan fingerprint density at radius 3 is 2.79 bits per heavy atom. The Hall–Kier alpha value is -2.61. The number of aliphatic hydroxyl groups is 1. The van der Waals surface area contributed by atoms with Gasteiger partial charge in [-0.3, -0.25) is 0 Å². The fourth-order valence-electron chi connectivity index (χ4n) is 2.53. The van der Waals surface area contributed by atoms with Crippen LogP contribution in [0, 0.1) is 0 Å². The first kappa shape index (κ1) is 16.3. The second kappa shape index (κ2) is 6.88. The summed E-state index contributed by atoms with van der Waals surface area (Å²) in [7, 11) is 0. The molecule has 2 aromatic heterocycles. The van der Waals surface area contributed by atoms with Crippen LogP contribution in [-0.2, 0) is 25.1 Å². The lowest BCUT2D eigenvalue weighted by atomic mass is 9.94. The third-order valence-electron chi connectivity index (χ3n) is 3.78. The van der Waals surface area contributed by atoms with Crippen LogP contribution in [0.5, 0.6) is 0 Å². The summed E-state index contributed by atoms with van der Waals surface area (Å²) in [6.07, 6.45) is 3.50. The van der Waals surface area contributed by atoms with Crippen molar-refractivity contribution in [3.8, 4) is 0 Å². The Labute approximate surface area is 138 Å². The Balaban J connectivity index is 1.73. The van der Waals surface area contributed by atoms with Crippen molar-refractivity contribution < 1.29 is 9.50 Å². The SMILES string of the molecule is CC(O)(Cc1ccccc1)c1cn(Cc2ncnn2CCF)nn1. The zero-order valence-corrected chi connectivity index (χ0v) is 13.4. The van der Waals surface area contributed by atoms with E-state index in [-0.39, 0.29) is 6.54 Å². The van der Waals surface area contributed by atoms with Gasteiger partial charge in [0.25, 0.3) is 0 Å². The summed E-state index contributed by atoms with van der Waals surface area (Å²) in [6, 6.07) is 9.71. The second-order valence-electron chi connectivity index (χ2n) is 5.83. The molecule has 0 spiro atoms. The molecular weight excluding hydrogens is 311 g/mol. The predicted octanol–water partition coefficient (Wildman–Crippen LogP) is 1.34. The van der Waals surface area contributed by atoms with Gasteiger partial charge < -0.3 is 5.11 Å². The van der Waals surface area contributed by atoms with Crippen LogP contribution in [0.4, 0.5) is 4.39 Å². The van der Waals surface area contributed by atoms with Crippen LogP contribution in [0.3, 0.4) is 0 Å². The van der Waals surface area contributed by atoms with Crippen LogP contribution in [-0.4, -0.2) is 41.5 Å². The lowest BCUT2D eigenvalue weighted by Gasteiger charge is -2.20. The fraction of sp³-hybridized carbons (Fsp3) is 0.375. The van der Waals surface area contributed by atoms with Gasteiger partial charge in [0.2, 0.25) is 0 Å². The molecule has 0 fully saturated rings. The third-order valence-corrected chi connectivity index (χ3v) is 3.78. The zero-order valence-electron chi connectivity index (χ0n) is 13.4. The molecule has 1 unspecified atom stereocenters. The Morgan fingerprint density at radius 1 is 1.25 bits per heavy atom. The molecule has 2 heterocycles. The first-order valence-corrected chi connectivity index (χ1v) is 7.68. The summed E-state index contributed by atoms with van der Waals surface area (Å²) in [4.78, 5) is 4.10. The maximum Gasteiger partial charge on any atom is 0.148 e. The van der Waals surface area contributed by atoms with Crippen LogP contribution in [0.1, 0.15) is 24.0 Å².